The summed E-state index contributed by atoms with van der Waals surface area (Å²) >= 11 is 0. The van der Waals surface area contributed by atoms with Crippen LogP contribution in [0.2, 0.25) is 0 Å². The van der Waals surface area contributed by atoms with E-state index in [1.807, 2.05) is 32.0 Å². The number of nitrogens with two attached hydrogens (primary N) is 1. The summed E-state index contributed by atoms with van der Waals surface area (Å²) in [6.45, 7) is 7.33. The van der Waals surface area contributed by atoms with E-state index >= 15 is 0 Å². The van der Waals surface area contributed by atoms with E-state index in [4.69, 9.17) is 15.2 Å². The Balaban J connectivity index is 2.77. The van der Waals surface area contributed by atoms with E-state index in [2.05, 4.69) is 5.32 Å². The summed E-state index contributed by atoms with van der Waals surface area (Å²) in [4.78, 5) is 11.9. The van der Waals surface area contributed by atoms with Crippen molar-refractivity contribution >= 4 is 11.7 Å². The lowest BCUT2D eigenvalue weighted by atomic mass is 10.0. The maximum atomic E-state index is 11.9. The van der Waals surface area contributed by atoms with E-state index in [-0.39, 0.29) is 12.0 Å². The summed E-state index contributed by atoms with van der Waals surface area (Å²) in [5, 5.41) is 3.13. The first-order valence-corrected chi connectivity index (χ1v) is 7.03. The van der Waals surface area contributed by atoms with E-state index in [0.29, 0.717) is 37.6 Å². The molecule has 1 atom stereocenters. The highest BCUT2D eigenvalue weighted by Crippen LogP contribution is 2.23. The molecular formula is C15H24N2O3. The van der Waals surface area contributed by atoms with Gasteiger partial charge in [0.25, 0.3) is 0 Å². The van der Waals surface area contributed by atoms with E-state index in [9.17, 15) is 4.79 Å². The van der Waals surface area contributed by atoms with Crippen molar-refractivity contribution in [1.82, 2.24) is 5.32 Å². The Morgan fingerprint density at radius 2 is 2.05 bits per heavy atom. The van der Waals surface area contributed by atoms with Gasteiger partial charge in [0, 0.05) is 0 Å². The SMILES string of the molecule is CCN[C@@H](Cc1ccc(OCC)c(N)c1)C(=O)OCC. The third-order valence-corrected chi connectivity index (χ3v) is 2.84. The van der Waals surface area contributed by atoms with Crippen molar-refractivity contribution in [2.24, 2.45) is 0 Å². The fourth-order valence-corrected chi connectivity index (χ4v) is 1.98. The van der Waals surface area contributed by atoms with E-state index < -0.39 is 0 Å². The standard InChI is InChI=1S/C15H24N2O3/c1-4-17-13(15(18)20-6-3)10-11-7-8-14(19-5-2)12(16)9-11/h7-9,13,17H,4-6,10,16H2,1-3H3/t13-/m0/s1. The second kappa shape index (κ2) is 8.43. The molecule has 1 aromatic carbocycles. The summed E-state index contributed by atoms with van der Waals surface area (Å²) in [5.74, 6) is 0.439. The van der Waals surface area contributed by atoms with Crippen molar-refractivity contribution < 1.29 is 14.3 Å². The molecule has 0 unspecified atom stereocenters. The van der Waals surface area contributed by atoms with Crippen LogP contribution < -0.4 is 15.8 Å². The summed E-state index contributed by atoms with van der Waals surface area (Å²) in [7, 11) is 0. The zero-order chi connectivity index (χ0) is 15.0. The van der Waals surface area contributed by atoms with Gasteiger partial charge in [0.1, 0.15) is 11.8 Å². The zero-order valence-electron chi connectivity index (χ0n) is 12.4. The Hall–Kier alpha value is -1.75. The number of nitrogens with one attached hydrogen (secondary N) is 1. The van der Waals surface area contributed by atoms with Crippen molar-refractivity contribution in [3.63, 3.8) is 0 Å². The predicted molar refractivity (Wildman–Crippen MR) is 79.8 cm³/mol. The van der Waals surface area contributed by atoms with Crippen LogP contribution in [0.15, 0.2) is 18.2 Å². The predicted octanol–water partition coefficient (Wildman–Crippen LogP) is 1.75. The average molecular weight is 280 g/mol. The third-order valence-electron chi connectivity index (χ3n) is 2.84. The van der Waals surface area contributed by atoms with Crippen LogP contribution in [0.3, 0.4) is 0 Å². The molecule has 5 heteroatoms. The molecule has 20 heavy (non-hydrogen) atoms. The maximum absolute atomic E-state index is 11.9. The Kier molecular flexibility index (Phi) is 6.87. The van der Waals surface area contributed by atoms with Crippen molar-refractivity contribution in [2.75, 3.05) is 25.5 Å². The molecule has 0 aliphatic rings. The number of nitrogen functional groups attached to an aromatic ring is 1. The molecule has 0 heterocycles. The van der Waals surface area contributed by atoms with Crippen molar-refractivity contribution in [3.8, 4) is 5.75 Å². The molecule has 1 aromatic rings. The molecule has 0 aliphatic carbocycles. The van der Waals surface area contributed by atoms with Crippen LogP contribution in [0.25, 0.3) is 0 Å². The van der Waals surface area contributed by atoms with Gasteiger partial charge in [0.2, 0.25) is 0 Å². The molecule has 0 aromatic heterocycles. The molecule has 0 saturated carbocycles. The number of anilines is 1. The summed E-state index contributed by atoms with van der Waals surface area (Å²) < 4.78 is 10.5. The lowest BCUT2D eigenvalue weighted by Gasteiger charge is -2.17. The van der Waals surface area contributed by atoms with Crippen LogP contribution in [0.1, 0.15) is 26.3 Å². The number of hydrogen-bond donors (Lipinski definition) is 2. The van der Waals surface area contributed by atoms with Gasteiger partial charge in [-0.05, 0) is 44.5 Å². The Bertz CT molecular complexity index is 435. The quantitative estimate of drug-likeness (QED) is 0.560. The second-order valence-corrected chi connectivity index (χ2v) is 4.37. The van der Waals surface area contributed by atoms with Crippen molar-refractivity contribution in [1.29, 1.82) is 0 Å². The van der Waals surface area contributed by atoms with Crippen LogP contribution in [0.4, 0.5) is 5.69 Å². The van der Waals surface area contributed by atoms with Gasteiger partial charge >= 0.3 is 5.97 Å². The molecule has 5 nitrogen and oxygen atoms in total. The minimum absolute atomic E-state index is 0.234. The first kappa shape index (κ1) is 16.3. The molecule has 0 fully saturated rings. The lowest BCUT2D eigenvalue weighted by molar-refractivity contribution is -0.145. The molecule has 0 radical (unpaired) electrons. The summed E-state index contributed by atoms with van der Waals surface area (Å²) in [5.41, 5.74) is 7.49. The van der Waals surface area contributed by atoms with Crippen LogP contribution in [0.5, 0.6) is 5.75 Å². The number of hydrogen-bond acceptors (Lipinski definition) is 5. The average Bonchev–Trinajstić information content (AvgIpc) is 2.42. The van der Waals surface area contributed by atoms with Gasteiger partial charge in [-0.2, -0.15) is 0 Å². The molecule has 0 bridgehead atoms. The highest BCUT2D eigenvalue weighted by atomic mass is 16.5. The van der Waals surface area contributed by atoms with Gasteiger partial charge in [0.05, 0.1) is 18.9 Å². The van der Waals surface area contributed by atoms with E-state index in [1.54, 1.807) is 6.92 Å². The van der Waals surface area contributed by atoms with Gasteiger partial charge < -0.3 is 20.5 Å². The molecule has 0 spiro atoms. The van der Waals surface area contributed by atoms with E-state index in [1.165, 1.54) is 0 Å². The van der Waals surface area contributed by atoms with Crippen LogP contribution in [0, 0.1) is 0 Å². The number of esters is 1. The summed E-state index contributed by atoms with van der Waals surface area (Å²) in [6.07, 6.45) is 0.545. The molecule has 0 aliphatic heterocycles. The molecule has 112 valence electrons. The van der Waals surface area contributed by atoms with Crippen LogP contribution in [-0.2, 0) is 16.0 Å². The number of carbonyl (C=O) groups is 1. The van der Waals surface area contributed by atoms with E-state index in [0.717, 1.165) is 5.56 Å². The van der Waals surface area contributed by atoms with Gasteiger partial charge in [0.15, 0.2) is 0 Å². The van der Waals surface area contributed by atoms with Gasteiger partial charge in [-0.15, -0.1) is 0 Å². The van der Waals surface area contributed by atoms with Gasteiger partial charge in [-0.1, -0.05) is 13.0 Å². The second-order valence-electron chi connectivity index (χ2n) is 4.37. The topological polar surface area (TPSA) is 73.6 Å². The number of carbonyl (C=O) groups excluding carboxylic acids is 1. The van der Waals surface area contributed by atoms with Crippen molar-refractivity contribution in [3.05, 3.63) is 23.8 Å². The Morgan fingerprint density at radius 1 is 1.30 bits per heavy atom. The zero-order valence-corrected chi connectivity index (χ0v) is 12.4. The Labute approximate surface area is 120 Å². The third kappa shape index (κ3) is 4.74. The monoisotopic (exact) mass is 280 g/mol. The number of rotatable bonds is 8. The van der Waals surface area contributed by atoms with Gasteiger partial charge in [-0.3, -0.25) is 4.79 Å². The minimum Gasteiger partial charge on any atom is -0.492 e. The summed E-state index contributed by atoms with van der Waals surface area (Å²) in [6, 6.07) is 5.25. The molecule has 0 saturated heterocycles. The fourth-order valence-electron chi connectivity index (χ4n) is 1.98. The van der Waals surface area contributed by atoms with Crippen LogP contribution >= 0.6 is 0 Å². The van der Waals surface area contributed by atoms with Crippen molar-refractivity contribution in [2.45, 2.75) is 33.2 Å². The minimum atomic E-state index is -0.350. The van der Waals surface area contributed by atoms with Gasteiger partial charge in [-0.25, -0.2) is 0 Å². The number of likely N-dealkylation sites (N-methyl/N-ethyl adjacent to an activating group) is 1. The van der Waals surface area contributed by atoms with Crippen LogP contribution in [-0.4, -0.2) is 31.8 Å². The highest BCUT2D eigenvalue weighted by molar-refractivity contribution is 5.76. The molecule has 1 rings (SSSR count). The first-order chi connectivity index (χ1) is 9.62. The first-order valence-electron chi connectivity index (χ1n) is 7.03. The molecule has 0 amide bonds. The molecular weight excluding hydrogens is 256 g/mol. The highest BCUT2D eigenvalue weighted by Gasteiger charge is 2.19. The fraction of sp³-hybridized carbons (Fsp3) is 0.533. The normalized spacial score (nSPS) is 11.9. The number of benzene rings is 1. The Morgan fingerprint density at radius 3 is 2.60 bits per heavy atom. The molecule has 3 N–H and O–H groups in total. The number of ether oxygens (including phenoxy) is 2. The smallest absolute Gasteiger partial charge is 0.323 e. The maximum Gasteiger partial charge on any atom is 0.323 e. The largest absolute Gasteiger partial charge is 0.492 e. The lowest BCUT2D eigenvalue weighted by Crippen LogP contribution is -2.39.